The van der Waals surface area contributed by atoms with E-state index in [1.807, 2.05) is 6.92 Å². The third-order valence-corrected chi connectivity index (χ3v) is 4.40. The van der Waals surface area contributed by atoms with Crippen molar-refractivity contribution in [3.63, 3.8) is 0 Å². The minimum atomic E-state index is -4.98. The molecule has 0 saturated heterocycles. The van der Waals surface area contributed by atoms with Gasteiger partial charge in [0, 0.05) is 5.69 Å². The van der Waals surface area contributed by atoms with Gasteiger partial charge < -0.3 is 4.74 Å². The molecule has 8 heteroatoms. The molecule has 2 aromatic rings. The molecule has 0 aliphatic rings. The van der Waals surface area contributed by atoms with Crippen molar-refractivity contribution in [3.05, 3.63) is 54.1 Å². The summed E-state index contributed by atoms with van der Waals surface area (Å²) < 4.78 is 67.8. The van der Waals surface area contributed by atoms with Gasteiger partial charge in [0.05, 0.1) is 0 Å². The average Bonchev–Trinajstić information content (AvgIpc) is 2.46. The van der Waals surface area contributed by atoms with Crippen molar-refractivity contribution < 1.29 is 26.3 Å². The molecule has 2 aromatic carbocycles. The smallest absolute Gasteiger partial charge is 0.404 e. The summed E-state index contributed by atoms with van der Waals surface area (Å²) >= 11 is 0. The van der Waals surface area contributed by atoms with Crippen LogP contribution >= 0.6 is 0 Å². The van der Waals surface area contributed by atoms with Crippen LogP contribution < -0.4 is 9.46 Å². The molecule has 0 saturated carbocycles. The van der Waals surface area contributed by atoms with Crippen molar-refractivity contribution in [2.24, 2.45) is 0 Å². The Balaban J connectivity index is 2.32. The molecule has 2 rings (SSSR count). The Hall–Kier alpha value is -2.22. The number of para-hydroxylation sites is 1. The van der Waals surface area contributed by atoms with Crippen molar-refractivity contribution in [2.45, 2.75) is 24.6 Å². The molecule has 1 N–H and O–H groups in total. The Bertz CT molecular complexity index is 771. The number of halogens is 3. The van der Waals surface area contributed by atoms with E-state index in [4.69, 9.17) is 0 Å². The Labute approximate surface area is 132 Å². The monoisotopic (exact) mass is 345 g/mol. The third-order valence-electron chi connectivity index (χ3n) is 2.98. The molecule has 0 heterocycles. The van der Waals surface area contributed by atoms with E-state index in [1.54, 1.807) is 24.3 Å². The fourth-order valence-electron chi connectivity index (χ4n) is 1.90. The molecule has 0 fully saturated rings. The van der Waals surface area contributed by atoms with Crippen molar-refractivity contribution in [2.75, 3.05) is 4.72 Å². The number of nitrogens with one attached hydrogen (secondary N) is 1. The predicted octanol–water partition coefficient (Wildman–Crippen LogP) is 3.95. The van der Waals surface area contributed by atoms with Crippen LogP contribution in [0.5, 0.6) is 5.75 Å². The number of anilines is 1. The van der Waals surface area contributed by atoms with Gasteiger partial charge in [-0.3, -0.25) is 4.72 Å². The van der Waals surface area contributed by atoms with Gasteiger partial charge in [-0.2, -0.15) is 0 Å². The quantitative estimate of drug-likeness (QED) is 0.893. The maximum atomic E-state index is 12.4. The maximum absolute atomic E-state index is 12.4. The van der Waals surface area contributed by atoms with Crippen LogP contribution in [0, 0.1) is 0 Å². The minimum absolute atomic E-state index is 0.254. The summed E-state index contributed by atoms with van der Waals surface area (Å²) in [6, 6.07) is 11.1. The van der Waals surface area contributed by atoms with E-state index in [2.05, 4.69) is 9.46 Å². The maximum Gasteiger partial charge on any atom is 0.573 e. The van der Waals surface area contributed by atoms with Gasteiger partial charge in [0.15, 0.2) is 0 Å². The van der Waals surface area contributed by atoms with Crippen LogP contribution in [-0.2, 0) is 16.4 Å². The van der Waals surface area contributed by atoms with E-state index in [0.29, 0.717) is 0 Å². The Kier molecular flexibility index (Phi) is 4.84. The highest BCUT2D eigenvalue weighted by molar-refractivity contribution is 7.92. The lowest BCUT2D eigenvalue weighted by Crippen LogP contribution is -2.20. The fraction of sp³-hybridized carbons (Fsp3) is 0.200. The summed E-state index contributed by atoms with van der Waals surface area (Å²) in [7, 11) is -4.21. The normalized spacial score (nSPS) is 12.0. The standard InChI is InChI=1S/C15H14F3NO3S/c1-2-11-7-9-12(10-8-11)19-23(20,21)14-6-4-3-5-13(14)22-15(16,17)18/h3-10,19H,2H2,1H3. The second kappa shape index (κ2) is 6.49. The molecule has 0 aliphatic carbocycles. The van der Waals surface area contributed by atoms with Gasteiger partial charge >= 0.3 is 6.36 Å². The molecular weight excluding hydrogens is 331 g/mol. The molecule has 0 aromatic heterocycles. The van der Waals surface area contributed by atoms with Gasteiger partial charge in [-0.25, -0.2) is 8.42 Å². The van der Waals surface area contributed by atoms with Gasteiger partial charge in [0.25, 0.3) is 10.0 Å². The van der Waals surface area contributed by atoms with E-state index in [0.717, 1.165) is 24.1 Å². The molecule has 0 bridgehead atoms. The molecule has 0 atom stereocenters. The first-order chi connectivity index (χ1) is 10.7. The zero-order chi connectivity index (χ0) is 17.1. The molecule has 0 aliphatic heterocycles. The predicted molar refractivity (Wildman–Crippen MR) is 79.8 cm³/mol. The molecule has 0 unspecified atom stereocenters. The van der Waals surface area contributed by atoms with Crippen molar-refractivity contribution in [1.29, 1.82) is 0 Å². The topological polar surface area (TPSA) is 55.4 Å². The summed E-state index contributed by atoms with van der Waals surface area (Å²) in [5.74, 6) is -0.780. The summed E-state index contributed by atoms with van der Waals surface area (Å²) in [5, 5.41) is 0. The van der Waals surface area contributed by atoms with Crippen LogP contribution in [0.15, 0.2) is 53.4 Å². The van der Waals surface area contributed by atoms with Gasteiger partial charge in [-0.05, 0) is 36.2 Å². The van der Waals surface area contributed by atoms with E-state index < -0.39 is 27.0 Å². The van der Waals surface area contributed by atoms with Crippen LogP contribution in [0.25, 0.3) is 0 Å². The number of alkyl halides is 3. The minimum Gasteiger partial charge on any atom is -0.404 e. The second-order valence-corrected chi connectivity index (χ2v) is 6.30. The number of sulfonamides is 1. The van der Waals surface area contributed by atoms with E-state index in [-0.39, 0.29) is 5.69 Å². The van der Waals surface area contributed by atoms with Crippen LogP contribution in [0.2, 0.25) is 0 Å². The number of rotatable bonds is 5. The Morgan fingerprint density at radius 2 is 1.65 bits per heavy atom. The summed E-state index contributed by atoms with van der Waals surface area (Å²) in [5.41, 5.74) is 1.26. The first-order valence-electron chi connectivity index (χ1n) is 6.68. The summed E-state index contributed by atoms with van der Waals surface area (Å²) in [6.07, 6.45) is -4.19. The van der Waals surface area contributed by atoms with Gasteiger partial charge in [0.1, 0.15) is 10.6 Å². The third kappa shape index (κ3) is 4.62. The molecule has 4 nitrogen and oxygen atoms in total. The highest BCUT2D eigenvalue weighted by Gasteiger charge is 2.34. The van der Waals surface area contributed by atoms with Crippen molar-refractivity contribution in [1.82, 2.24) is 0 Å². The lowest BCUT2D eigenvalue weighted by Gasteiger charge is -2.14. The van der Waals surface area contributed by atoms with E-state index >= 15 is 0 Å². The van der Waals surface area contributed by atoms with Gasteiger partial charge in [-0.15, -0.1) is 13.2 Å². The molecule has 23 heavy (non-hydrogen) atoms. The lowest BCUT2D eigenvalue weighted by atomic mass is 10.2. The van der Waals surface area contributed by atoms with Gasteiger partial charge in [0.2, 0.25) is 0 Å². The van der Waals surface area contributed by atoms with E-state index in [9.17, 15) is 21.6 Å². The number of benzene rings is 2. The Morgan fingerprint density at radius 3 is 2.22 bits per heavy atom. The van der Waals surface area contributed by atoms with Crippen LogP contribution in [0.4, 0.5) is 18.9 Å². The number of aryl methyl sites for hydroxylation is 1. The van der Waals surface area contributed by atoms with Crippen LogP contribution in [0.1, 0.15) is 12.5 Å². The first-order valence-corrected chi connectivity index (χ1v) is 8.16. The molecule has 0 radical (unpaired) electrons. The average molecular weight is 345 g/mol. The lowest BCUT2D eigenvalue weighted by molar-refractivity contribution is -0.275. The number of hydrogen-bond donors (Lipinski definition) is 1. The van der Waals surface area contributed by atoms with Crippen molar-refractivity contribution >= 4 is 15.7 Å². The van der Waals surface area contributed by atoms with Crippen LogP contribution in [-0.4, -0.2) is 14.8 Å². The summed E-state index contributed by atoms with van der Waals surface area (Å²) in [6.45, 7) is 1.95. The van der Waals surface area contributed by atoms with Crippen molar-refractivity contribution in [3.8, 4) is 5.75 Å². The molecule has 0 spiro atoms. The molecular formula is C15H14F3NO3S. The highest BCUT2D eigenvalue weighted by atomic mass is 32.2. The molecule has 0 amide bonds. The SMILES string of the molecule is CCc1ccc(NS(=O)(=O)c2ccccc2OC(F)(F)F)cc1. The summed E-state index contributed by atoms with van der Waals surface area (Å²) in [4.78, 5) is -0.586. The van der Waals surface area contributed by atoms with Gasteiger partial charge in [-0.1, -0.05) is 31.2 Å². The highest BCUT2D eigenvalue weighted by Crippen LogP contribution is 2.30. The van der Waals surface area contributed by atoms with Crippen LogP contribution in [0.3, 0.4) is 0 Å². The largest absolute Gasteiger partial charge is 0.573 e. The second-order valence-electron chi connectivity index (χ2n) is 4.65. The first kappa shape index (κ1) is 17.1. The van der Waals surface area contributed by atoms with E-state index in [1.165, 1.54) is 12.1 Å². The fourth-order valence-corrected chi connectivity index (χ4v) is 3.09. The molecule has 124 valence electrons. The number of ether oxygens (including phenoxy) is 1. The zero-order valence-electron chi connectivity index (χ0n) is 12.1. The zero-order valence-corrected chi connectivity index (χ0v) is 12.9. The number of hydrogen-bond acceptors (Lipinski definition) is 3. The Morgan fingerprint density at radius 1 is 1.04 bits per heavy atom.